The second-order valence-electron chi connectivity index (χ2n) is 6.63. The molecule has 2 aromatic carbocycles. The topological polar surface area (TPSA) is 20.3 Å². The number of benzene rings is 2. The number of para-hydroxylation sites is 1. The van der Waals surface area contributed by atoms with Crippen LogP contribution in [0.3, 0.4) is 0 Å². The van der Waals surface area contributed by atoms with E-state index in [4.69, 9.17) is 0 Å². The van der Waals surface area contributed by atoms with Gasteiger partial charge >= 0.3 is 0 Å². The number of hydrogen-bond acceptors (Lipinski definition) is 2. The Hall–Kier alpha value is -2.35. The van der Waals surface area contributed by atoms with Crippen LogP contribution in [-0.2, 0) is 10.2 Å². The van der Waals surface area contributed by atoms with Crippen LogP contribution in [0, 0.1) is 6.92 Å². The molecule has 3 rings (SSSR count). The first-order valence-electron chi connectivity index (χ1n) is 8.11. The maximum Gasteiger partial charge on any atom is 0.170 e. The van der Waals surface area contributed by atoms with Gasteiger partial charge in [0, 0.05) is 24.5 Å². The zero-order valence-electron chi connectivity index (χ0n) is 14.0. The fourth-order valence-electron chi connectivity index (χ4n) is 3.32. The van der Waals surface area contributed by atoms with Gasteiger partial charge < -0.3 is 4.90 Å². The summed E-state index contributed by atoms with van der Waals surface area (Å²) in [5.74, 6) is 0.255. The molecule has 1 atom stereocenters. The van der Waals surface area contributed by atoms with Gasteiger partial charge in [0.05, 0.1) is 5.41 Å². The van der Waals surface area contributed by atoms with Crippen molar-refractivity contribution in [1.29, 1.82) is 0 Å². The van der Waals surface area contributed by atoms with Crippen molar-refractivity contribution in [2.45, 2.75) is 32.1 Å². The molecule has 118 valence electrons. The van der Waals surface area contributed by atoms with Crippen LogP contribution in [0.25, 0.3) is 0 Å². The van der Waals surface area contributed by atoms with Crippen molar-refractivity contribution < 1.29 is 4.79 Å². The minimum absolute atomic E-state index is 0.255. The van der Waals surface area contributed by atoms with Gasteiger partial charge in [-0.15, -0.1) is 0 Å². The Morgan fingerprint density at radius 1 is 1.09 bits per heavy atom. The number of Topliss-reactive ketones (excluding diaryl/α,β-unsaturated/α-hetero) is 1. The summed E-state index contributed by atoms with van der Waals surface area (Å²) in [6.45, 7) is 4.15. The lowest BCUT2D eigenvalue weighted by Crippen LogP contribution is -2.28. The van der Waals surface area contributed by atoms with Gasteiger partial charge in [0.25, 0.3) is 0 Å². The lowest BCUT2D eigenvalue weighted by Gasteiger charge is -2.23. The Balaban J connectivity index is 1.88. The Labute approximate surface area is 138 Å². The van der Waals surface area contributed by atoms with Crippen molar-refractivity contribution in [2.75, 3.05) is 11.9 Å². The average Bonchev–Trinajstić information content (AvgIpc) is 2.85. The summed E-state index contributed by atoms with van der Waals surface area (Å²) in [5, 5.41) is 0. The zero-order chi connectivity index (χ0) is 16.4. The molecule has 0 aromatic heterocycles. The third kappa shape index (κ3) is 2.94. The smallest absolute Gasteiger partial charge is 0.170 e. The summed E-state index contributed by atoms with van der Waals surface area (Å²) in [7, 11) is 2.00. The molecule has 1 fully saturated rings. The summed E-state index contributed by atoms with van der Waals surface area (Å²) < 4.78 is 0. The van der Waals surface area contributed by atoms with E-state index in [0.717, 1.165) is 29.7 Å². The van der Waals surface area contributed by atoms with E-state index in [0.29, 0.717) is 0 Å². The summed E-state index contributed by atoms with van der Waals surface area (Å²) >= 11 is 0. The van der Waals surface area contributed by atoms with Gasteiger partial charge in [-0.25, -0.2) is 0 Å². The van der Waals surface area contributed by atoms with Crippen LogP contribution in [0.4, 0.5) is 5.69 Å². The van der Waals surface area contributed by atoms with E-state index in [1.165, 1.54) is 5.56 Å². The van der Waals surface area contributed by atoms with Crippen LogP contribution in [0.5, 0.6) is 0 Å². The fourth-order valence-corrected chi connectivity index (χ4v) is 3.32. The summed E-state index contributed by atoms with van der Waals surface area (Å²) in [4.78, 5) is 15.0. The van der Waals surface area contributed by atoms with Gasteiger partial charge in [-0.1, -0.05) is 48.0 Å². The monoisotopic (exact) mass is 305 g/mol. The van der Waals surface area contributed by atoms with Crippen LogP contribution in [0.15, 0.2) is 66.4 Å². The fraction of sp³-hybridized carbons (Fsp3) is 0.286. The van der Waals surface area contributed by atoms with E-state index in [2.05, 4.69) is 44.2 Å². The van der Waals surface area contributed by atoms with Crippen LogP contribution in [-0.4, -0.2) is 12.8 Å². The largest absolute Gasteiger partial charge is 0.351 e. The molecule has 1 unspecified atom stereocenters. The number of allylic oxidation sites excluding steroid dienone is 1. The van der Waals surface area contributed by atoms with Gasteiger partial charge in [0.15, 0.2) is 5.78 Å². The third-order valence-corrected chi connectivity index (χ3v) is 4.86. The highest BCUT2D eigenvalue weighted by molar-refractivity contribution is 6.05. The number of ketones is 1. The molecule has 0 radical (unpaired) electrons. The van der Waals surface area contributed by atoms with Crippen LogP contribution in [0.1, 0.15) is 30.9 Å². The van der Waals surface area contributed by atoms with Crippen LogP contribution >= 0.6 is 0 Å². The first-order valence-corrected chi connectivity index (χ1v) is 8.11. The molecule has 1 saturated carbocycles. The van der Waals surface area contributed by atoms with Gasteiger partial charge in [-0.2, -0.15) is 0 Å². The van der Waals surface area contributed by atoms with Crippen LogP contribution in [0.2, 0.25) is 0 Å². The molecule has 2 nitrogen and oxygen atoms in total. The molecule has 2 aromatic rings. The molecule has 23 heavy (non-hydrogen) atoms. The molecule has 0 aliphatic heterocycles. The molecule has 1 aliphatic rings. The Morgan fingerprint density at radius 3 is 2.52 bits per heavy atom. The lowest BCUT2D eigenvalue weighted by atomic mass is 9.79. The predicted octanol–water partition coefficient (Wildman–Crippen LogP) is 4.64. The van der Waals surface area contributed by atoms with E-state index in [1.54, 1.807) is 0 Å². The number of carbonyl (C=O) groups excluding carboxylic acids is 1. The highest BCUT2D eigenvalue weighted by Gasteiger charge is 2.42. The number of nitrogens with zero attached hydrogens (tertiary/aromatic N) is 1. The van der Waals surface area contributed by atoms with Crippen molar-refractivity contribution in [2.24, 2.45) is 0 Å². The number of carbonyl (C=O) groups is 1. The van der Waals surface area contributed by atoms with Crippen molar-refractivity contribution in [3.63, 3.8) is 0 Å². The molecule has 0 amide bonds. The SMILES string of the molecule is Cc1cccc(C2(C)CC/C(=C\N(C)c3ccccc3)C2=O)c1. The van der Waals surface area contributed by atoms with Crippen molar-refractivity contribution in [1.82, 2.24) is 0 Å². The highest BCUT2D eigenvalue weighted by Crippen LogP contribution is 2.41. The predicted molar refractivity (Wildman–Crippen MR) is 95.7 cm³/mol. The standard InChI is InChI=1S/C21H23NO/c1-16-8-7-9-18(14-16)21(2)13-12-17(20(21)23)15-22(3)19-10-5-4-6-11-19/h4-11,14-15H,12-13H2,1-3H3/b17-15+. The Bertz CT molecular complexity index is 747. The Morgan fingerprint density at radius 2 is 1.83 bits per heavy atom. The van der Waals surface area contributed by atoms with Gasteiger partial charge in [0.1, 0.15) is 0 Å². The van der Waals surface area contributed by atoms with E-state index < -0.39 is 5.41 Å². The van der Waals surface area contributed by atoms with E-state index in [9.17, 15) is 4.79 Å². The number of aryl methyl sites for hydroxylation is 1. The first kappa shape index (κ1) is 15.5. The quantitative estimate of drug-likeness (QED) is 0.770. The zero-order valence-corrected chi connectivity index (χ0v) is 14.0. The molecule has 0 bridgehead atoms. The maximum atomic E-state index is 13.0. The molecule has 1 aliphatic carbocycles. The maximum absolute atomic E-state index is 13.0. The molecule has 2 heteroatoms. The molecule has 0 spiro atoms. The lowest BCUT2D eigenvalue weighted by molar-refractivity contribution is -0.118. The number of rotatable bonds is 3. The minimum Gasteiger partial charge on any atom is -0.351 e. The molecule has 0 heterocycles. The van der Waals surface area contributed by atoms with Crippen LogP contribution < -0.4 is 4.90 Å². The second kappa shape index (κ2) is 6.04. The third-order valence-electron chi connectivity index (χ3n) is 4.86. The summed E-state index contributed by atoms with van der Waals surface area (Å²) in [6, 6.07) is 18.5. The van der Waals surface area contributed by atoms with E-state index in [1.807, 2.05) is 42.4 Å². The van der Waals surface area contributed by atoms with Gasteiger partial charge in [-0.3, -0.25) is 4.79 Å². The number of hydrogen-bond donors (Lipinski definition) is 0. The molecular weight excluding hydrogens is 282 g/mol. The van der Waals surface area contributed by atoms with Crippen molar-refractivity contribution in [3.8, 4) is 0 Å². The summed E-state index contributed by atoms with van der Waals surface area (Å²) in [5.41, 5.74) is 3.95. The second-order valence-corrected chi connectivity index (χ2v) is 6.63. The van der Waals surface area contributed by atoms with Crippen molar-refractivity contribution >= 4 is 11.5 Å². The van der Waals surface area contributed by atoms with Crippen molar-refractivity contribution in [3.05, 3.63) is 77.5 Å². The highest BCUT2D eigenvalue weighted by atomic mass is 16.1. The van der Waals surface area contributed by atoms with Gasteiger partial charge in [0.2, 0.25) is 0 Å². The van der Waals surface area contributed by atoms with E-state index in [-0.39, 0.29) is 5.78 Å². The summed E-state index contributed by atoms with van der Waals surface area (Å²) in [6.07, 6.45) is 3.71. The Kier molecular flexibility index (Phi) is 4.08. The number of anilines is 1. The molecule has 0 saturated heterocycles. The minimum atomic E-state index is -0.393. The molecule has 0 N–H and O–H groups in total. The average molecular weight is 305 g/mol. The van der Waals surface area contributed by atoms with E-state index >= 15 is 0 Å². The normalized spacial score (nSPS) is 22.6. The van der Waals surface area contributed by atoms with Gasteiger partial charge in [-0.05, 0) is 44.4 Å². The molecular formula is C21H23NO. The first-order chi connectivity index (χ1) is 11.0.